The van der Waals surface area contributed by atoms with Gasteiger partial charge in [-0.2, -0.15) is 0 Å². The molecule has 0 saturated carbocycles. The Balaban J connectivity index is 2.39. The molecule has 1 rings (SSSR count). The van der Waals surface area contributed by atoms with Crippen molar-refractivity contribution in [3.05, 3.63) is 23.8 Å². The fraction of sp³-hybridized carbons (Fsp3) is 0.588. The van der Waals surface area contributed by atoms with E-state index in [2.05, 4.69) is 10.6 Å². The minimum absolute atomic E-state index is 0.0617. The Hall–Kier alpha value is -1.95. The van der Waals surface area contributed by atoms with Gasteiger partial charge in [0.15, 0.2) is 11.5 Å². The second-order valence-electron chi connectivity index (χ2n) is 6.41. The van der Waals surface area contributed by atoms with Crippen LogP contribution in [0, 0.1) is 0 Å². The number of amides is 1. The van der Waals surface area contributed by atoms with Gasteiger partial charge in [0.05, 0.1) is 6.61 Å². The number of nitrogens with one attached hydrogen (secondary N) is 2. The number of aromatic hydroxyl groups is 1. The van der Waals surface area contributed by atoms with Crippen molar-refractivity contribution in [3.63, 3.8) is 0 Å². The van der Waals surface area contributed by atoms with E-state index >= 15 is 0 Å². The Morgan fingerprint density at radius 3 is 2.65 bits per heavy atom. The number of ether oxygens (including phenoxy) is 2. The summed E-state index contributed by atoms with van der Waals surface area (Å²) in [6.07, 6.45) is -0.421. The van der Waals surface area contributed by atoms with Crippen molar-refractivity contribution < 1.29 is 19.4 Å². The maximum Gasteiger partial charge on any atom is 0.407 e. The summed E-state index contributed by atoms with van der Waals surface area (Å²) in [5, 5.41) is 15.7. The fourth-order valence-corrected chi connectivity index (χ4v) is 1.93. The highest BCUT2D eigenvalue weighted by atomic mass is 16.6. The van der Waals surface area contributed by atoms with Crippen molar-refractivity contribution in [1.82, 2.24) is 10.6 Å². The molecule has 6 heteroatoms. The molecule has 0 aliphatic heterocycles. The second kappa shape index (κ2) is 8.62. The average Bonchev–Trinajstić information content (AvgIpc) is 2.40. The number of phenols is 1. The lowest BCUT2D eigenvalue weighted by Crippen LogP contribution is -2.42. The first-order chi connectivity index (χ1) is 10.7. The topological polar surface area (TPSA) is 79.8 Å². The molecule has 1 aromatic rings. The Morgan fingerprint density at radius 1 is 1.35 bits per heavy atom. The molecule has 0 aliphatic carbocycles. The van der Waals surface area contributed by atoms with Crippen LogP contribution < -0.4 is 15.4 Å². The molecule has 6 nitrogen and oxygen atoms in total. The number of carbonyl (C=O) groups is 1. The van der Waals surface area contributed by atoms with E-state index in [4.69, 9.17) is 9.47 Å². The Kier molecular flexibility index (Phi) is 7.16. The van der Waals surface area contributed by atoms with Crippen LogP contribution in [0.5, 0.6) is 11.5 Å². The van der Waals surface area contributed by atoms with Crippen LogP contribution in [0.1, 0.15) is 40.2 Å². The quantitative estimate of drug-likeness (QED) is 0.719. The summed E-state index contributed by atoms with van der Waals surface area (Å²) in [5.41, 5.74) is 0.495. The fourth-order valence-electron chi connectivity index (χ4n) is 1.93. The van der Waals surface area contributed by atoms with Gasteiger partial charge in [-0.25, -0.2) is 4.79 Å². The van der Waals surface area contributed by atoms with E-state index in [1.165, 1.54) is 0 Å². The van der Waals surface area contributed by atoms with Gasteiger partial charge in [0, 0.05) is 19.1 Å². The van der Waals surface area contributed by atoms with Gasteiger partial charge < -0.3 is 25.2 Å². The van der Waals surface area contributed by atoms with Crippen LogP contribution in [0.25, 0.3) is 0 Å². The van der Waals surface area contributed by atoms with E-state index in [1.54, 1.807) is 12.1 Å². The molecule has 0 saturated heterocycles. The third kappa shape index (κ3) is 7.74. The highest BCUT2D eigenvalue weighted by Gasteiger charge is 2.17. The van der Waals surface area contributed by atoms with Gasteiger partial charge in [-0.1, -0.05) is 6.07 Å². The second-order valence-corrected chi connectivity index (χ2v) is 6.41. The summed E-state index contributed by atoms with van der Waals surface area (Å²) in [6, 6.07) is 5.19. The normalized spacial score (nSPS) is 12.6. The molecule has 1 aromatic carbocycles. The smallest absolute Gasteiger partial charge is 0.407 e. The van der Waals surface area contributed by atoms with Gasteiger partial charge in [0.25, 0.3) is 0 Å². The maximum atomic E-state index is 11.7. The predicted octanol–water partition coefficient (Wildman–Crippen LogP) is 2.79. The van der Waals surface area contributed by atoms with Gasteiger partial charge in [-0.3, -0.25) is 0 Å². The van der Waals surface area contributed by atoms with Crippen LogP contribution in [-0.4, -0.2) is 36.0 Å². The number of carbonyl (C=O) groups excluding carboxylic acids is 1. The molecule has 0 spiro atoms. The number of benzene rings is 1. The number of hydrogen-bond acceptors (Lipinski definition) is 5. The summed E-state index contributed by atoms with van der Waals surface area (Å²) in [5.74, 6) is 0.613. The molecule has 1 unspecified atom stereocenters. The van der Waals surface area contributed by atoms with Crippen LogP contribution in [0.15, 0.2) is 18.2 Å². The van der Waals surface area contributed by atoms with E-state index in [0.717, 1.165) is 5.56 Å². The van der Waals surface area contributed by atoms with Crippen molar-refractivity contribution in [2.45, 2.75) is 52.8 Å². The molecule has 1 atom stereocenters. The molecule has 0 heterocycles. The largest absolute Gasteiger partial charge is 0.504 e. The first-order valence-electron chi connectivity index (χ1n) is 7.86. The van der Waals surface area contributed by atoms with Crippen LogP contribution in [0.3, 0.4) is 0 Å². The summed E-state index contributed by atoms with van der Waals surface area (Å²) in [4.78, 5) is 11.7. The molecule has 0 fully saturated rings. The lowest BCUT2D eigenvalue weighted by molar-refractivity contribution is 0.0508. The number of phenolic OH excluding ortho intramolecular Hbond substituents is 1. The molecule has 1 amide bonds. The molecule has 0 aromatic heterocycles. The van der Waals surface area contributed by atoms with Crippen molar-refractivity contribution in [1.29, 1.82) is 0 Å². The van der Waals surface area contributed by atoms with Gasteiger partial charge in [-0.15, -0.1) is 0 Å². The molecular formula is C17H28N2O4. The van der Waals surface area contributed by atoms with E-state index in [9.17, 15) is 9.90 Å². The molecular weight excluding hydrogens is 296 g/mol. The zero-order valence-electron chi connectivity index (χ0n) is 14.6. The molecule has 3 N–H and O–H groups in total. The number of hydrogen-bond donors (Lipinski definition) is 3. The van der Waals surface area contributed by atoms with E-state index in [0.29, 0.717) is 25.4 Å². The van der Waals surface area contributed by atoms with E-state index < -0.39 is 11.7 Å². The van der Waals surface area contributed by atoms with Crippen molar-refractivity contribution in [2.24, 2.45) is 0 Å². The summed E-state index contributed by atoms with van der Waals surface area (Å²) >= 11 is 0. The minimum Gasteiger partial charge on any atom is -0.504 e. The zero-order chi connectivity index (χ0) is 17.5. The van der Waals surface area contributed by atoms with Gasteiger partial charge >= 0.3 is 6.09 Å². The van der Waals surface area contributed by atoms with Crippen molar-refractivity contribution in [2.75, 3.05) is 13.2 Å². The standard InChI is InChI=1S/C17H28N2O4/c1-6-22-15-9-13(7-8-14(15)20)11-18-10-12(2)19-16(21)23-17(3,4)5/h7-9,12,18,20H,6,10-11H2,1-5H3,(H,19,21). The number of rotatable bonds is 7. The lowest BCUT2D eigenvalue weighted by Gasteiger charge is -2.22. The first kappa shape index (κ1) is 19.1. The average molecular weight is 324 g/mol. The Labute approximate surface area is 138 Å². The molecule has 23 heavy (non-hydrogen) atoms. The molecule has 0 bridgehead atoms. The van der Waals surface area contributed by atoms with Crippen LogP contribution in [-0.2, 0) is 11.3 Å². The Bertz CT molecular complexity index is 512. The molecule has 130 valence electrons. The summed E-state index contributed by atoms with van der Waals surface area (Å²) in [7, 11) is 0. The van der Waals surface area contributed by atoms with Crippen LogP contribution in [0.2, 0.25) is 0 Å². The lowest BCUT2D eigenvalue weighted by atomic mass is 10.2. The monoisotopic (exact) mass is 324 g/mol. The van der Waals surface area contributed by atoms with E-state index in [1.807, 2.05) is 40.7 Å². The number of alkyl carbamates (subject to hydrolysis) is 1. The summed E-state index contributed by atoms with van der Waals surface area (Å²) < 4.78 is 10.6. The van der Waals surface area contributed by atoms with Crippen LogP contribution in [0.4, 0.5) is 4.79 Å². The molecule has 0 radical (unpaired) electrons. The van der Waals surface area contributed by atoms with Gasteiger partial charge in [0.2, 0.25) is 0 Å². The van der Waals surface area contributed by atoms with Crippen LogP contribution >= 0.6 is 0 Å². The highest BCUT2D eigenvalue weighted by Crippen LogP contribution is 2.26. The van der Waals surface area contributed by atoms with Gasteiger partial charge in [0.1, 0.15) is 5.60 Å². The minimum atomic E-state index is -0.501. The van der Waals surface area contributed by atoms with Crippen molar-refractivity contribution >= 4 is 6.09 Å². The zero-order valence-corrected chi connectivity index (χ0v) is 14.6. The maximum absolute atomic E-state index is 11.7. The SMILES string of the molecule is CCOc1cc(CNCC(C)NC(=O)OC(C)(C)C)ccc1O. The first-order valence-corrected chi connectivity index (χ1v) is 7.86. The summed E-state index contributed by atoms with van der Waals surface area (Å²) in [6.45, 7) is 11.0. The van der Waals surface area contributed by atoms with Crippen molar-refractivity contribution in [3.8, 4) is 11.5 Å². The third-order valence-electron chi connectivity index (χ3n) is 2.87. The van der Waals surface area contributed by atoms with Gasteiger partial charge in [-0.05, 0) is 52.3 Å². The highest BCUT2D eigenvalue weighted by molar-refractivity contribution is 5.68. The predicted molar refractivity (Wildman–Crippen MR) is 89.8 cm³/mol. The van der Waals surface area contributed by atoms with E-state index in [-0.39, 0.29) is 11.8 Å². The third-order valence-corrected chi connectivity index (χ3v) is 2.87. The Morgan fingerprint density at radius 2 is 2.04 bits per heavy atom. The molecule has 0 aliphatic rings.